The van der Waals surface area contributed by atoms with E-state index in [1.54, 1.807) is 13.0 Å². The minimum atomic E-state index is -0.305. The Hall–Kier alpha value is -2.56. The number of hydrogen-bond acceptors (Lipinski definition) is 4. The molecule has 1 heterocycles. The van der Waals surface area contributed by atoms with Crippen molar-refractivity contribution >= 4 is 11.7 Å². The Labute approximate surface area is 179 Å². The number of carbonyl (C=O) groups is 1. The van der Waals surface area contributed by atoms with Gasteiger partial charge in [0.1, 0.15) is 18.2 Å². The Morgan fingerprint density at radius 1 is 1.20 bits per heavy atom. The summed E-state index contributed by atoms with van der Waals surface area (Å²) in [6.07, 6.45) is 5.08. The zero-order valence-electron chi connectivity index (χ0n) is 18.1. The lowest BCUT2D eigenvalue weighted by molar-refractivity contribution is -0.143. The van der Waals surface area contributed by atoms with Gasteiger partial charge >= 0.3 is 5.97 Å². The highest BCUT2D eigenvalue weighted by molar-refractivity contribution is 5.69. The van der Waals surface area contributed by atoms with Crippen molar-refractivity contribution in [2.24, 2.45) is 0 Å². The minimum Gasteiger partial charge on any atom is -0.487 e. The predicted octanol–water partition coefficient (Wildman–Crippen LogP) is 5.45. The topological polar surface area (TPSA) is 38.8 Å². The molecule has 0 amide bonds. The zero-order chi connectivity index (χ0) is 21.3. The number of rotatable bonds is 10. The van der Waals surface area contributed by atoms with Gasteiger partial charge < -0.3 is 14.4 Å². The third-order valence-corrected chi connectivity index (χ3v) is 5.47. The lowest BCUT2D eigenvalue weighted by atomic mass is 10.0. The summed E-state index contributed by atoms with van der Waals surface area (Å²) in [6, 6.07) is 11.3. The van der Waals surface area contributed by atoms with Gasteiger partial charge in [-0.3, -0.25) is 4.79 Å². The molecule has 2 aromatic carbocycles. The number of benzene rings is 2. The predicted molar refractivity (Wildman–Crippen MR) is 118 cm³/mol. The molecule has 0 aromatic heterocycles. The number of carbonyl (C=O) groups excluding carboxylic acids is 1. The molecule has 3 rings (SSSR count). The lowest BCUT2D eigenvalue weighted by Gasteiger charge is -2.33. The molecule has 5 heteroatoms. The number of para-hydroxylation sites is 1. The van der Waals surface area contributed by atoms with Gasteiger partial charge in [-0.2, -0.15) is 0 Å². The first kappa shape index (κ1) is 22.1. The SMILES string of the molecule is CCCCN1CCCc2cccc(OCc3ccc(CCC(=O)OCC)c(F)c3)c21. The lowest BCUT2D eigenvalue weighted by Crippen LogP contribution is -2.30. The molecule has 0 radical (unpaired) electrons. The molecule has 2 aromatic rings. The van der Waals surface area contributed by atoms with E-state index in [1.807, 2.05) is 18.2 Å². The van der Waals surface area contributed by atoms with E-state index in [0.29, 0.717) is 25.2 Å². The van der Waals surface area contributed by atoms with Crippen LogP contribution in [-0.2, 0) is 29.0 Å². The van der Waals surface area contributed by atoms with Crippen LogP contribution in [0, 0.1) is 5.82 Å². The van der Waals surface area contributed by atoms with Gasteiger partial charge in [-0.1, -0.05) is 37.6 Å². The first-order valence-corrected chi connectivity index (χ1v) is 11.0. The number of fused-ring (bicyclic) bond motifs is 1. The van der Waals surface area contributed by atoms with Gasteiger partial charge in [0.05, 0.1) is 12.3 Å². The van der Waals surface area contributed by atoms with Crippen LogP contribution in [0.15, 0.2) is 36.4 Å². The van der Waals surface area contributed by atoms with E-state index >= 15 is 0 Å². The second-order valence-corrected chi connectivity index (χ2v) is 7.73. The van der Waals surface area contributed by atoms with Gasteiger partial charge in [0, 0.05) is 19.5 Å². The van der Waals surface area contributed by atoms with Crippen molar-refractivity contribution in [3.63, 3.8) is 0 Å². The molecule has 30 heavy (non-hydrogen) atoms. The first-order valence-electron chi connectivity index (χ1n) is 11.0. The summed E-state index contributed by atoms with van der Waals surface area (Å²) in [6.45, 7) is 6.72. The molecule has 0 aliphatic carbocycles. The average molecular weight is 414 g/mol. The molecular formula is C25H32FNO3. The van der Waals surface area contributed by atoms with Crippen LogP contribution in [0.4, 0.5) is 10.1 Å². The van der Waals surface area contributed by atoms with Crippen LogP contribution in [0.25, 0.3) is 0 Å². The Kier molecular flexibility index (Phi) is 8.12. The number of halogens is 1. The fourth-order valence-electron chi connectivity index (χ4n) is 3.90. The van der Waals surface area contributed by atoms with E-state index in [0.717, 1.165) is 43.7 Å². The summed E-state index contributed by atoms with van der Waals surface area (Å²) in [5.74, 6) is 0.265. The fraction of sp³-hybridized carbons (Fsp3) is 0.480. The van der Waals surface area contributed by atoms with E-state index in [2.05, 4.69) is 17.9 Å². The van der Waals surface area contributed by atoms with E-state index in [4.69, 9.17) is 9.47 Å². The molecule has 0 spiro atoms. The smallest absolute Gasteiger partial charge is 0.306 e. The molecule has 0 saturated heterocycles. The highest BCUT2D eigenvalue weighted by atomic mass is 19.1. The van der Waals surface area contributed by atoms with Gasteiger partial charge in [-0.05, 0) is 61.4 Å². The Morgan fingerprint density at radius 2 is 2.07 bits per heavy atom. The molecule has 0 N–H and O–H groups in total. The Balaban J connectivity index is 1.66. The monoisotopic (exact) mass is 413 g/mol. The van der Waals surface area contributed by atoms with Gasteiger partial charge in [0.15, 0.2) is 0 Å². The first-order chi connectivity index (χ1) is 14.6. The normalized spacial score (nSPS) is 13.1. The molecule has 0 fully saturated rings. The van der Waals surface area contributed by atoms with E-state index < -0.39 is 0 Å². The fourth-order valence-corrected chi connectivity index (χ4v) is 3.90. The maximum absolute atomic E-state index is 14.5. The number of ether oxygens (including phenoxy) is 2. The summed E-state index contributed by atoms with van der Waals surface area (Å²) in [7, 11) is 0. The highest BCUT2D eigenvalue weighted by Crippen LogP contribution is 2.37. The van der Waals surface area contributed by atoms with E-state index in [1.165, 1.54) is 23.7 Å². The molecule has 0 atom stereocenters. The summed E-state index contributed by atoms with van der Waals surface area (Å²) >= 11 is 0. The number of esters is 1. The summed E-state index contributed by atoms with van der Waals surface area (Å²) in [5, 5.41) is 0. The number of anilines is 1. The number of nitrogens with zero attached hydrogens (tertiary/aromatic N) is 1. The summed E-state index contributed by atoms with van der Waals surface area (Å²) < 4.78 is 25.5. The summed E-state index contributed by atoms with van der Waals surface area (Å²) in [5.41, 5.74) is 3.83. The highest BCUT2D eigenvalue weighted by Gasteiger charge is 2.20. The third kappa shape index (κ3) is 5.74. The molecule has 0 unspecified atom stereocenters. The van der Waals surface area contributed by atoms with Gasteiger partial charge in [-0.25, -0.2) is 4.39 Å². The largest absolute Gasteiger partial charge is 0.487 e. The van der Waals surface area contributed by atoms with Crippen molar-refractivity contribution in [2.45, 2.75) is 59.0 Å². The van der Waals surface area contributed by atoms with E-state index in [-0.39, 0.29) is 18.2 Å². The number of unbranched alkanes of at least 4 members (excludes halogenated alkanes) is 1. The third-order valence-electron chi connectivity index (χ3n) is 5.47. The van der Waals surface area contributed by atoms with Crippen molar-refractivity contribution in [3.8, 4) is 5.75 Å². The molecule has 162 valence electrons. The molecule has 4 nitrogen and oxygen atoms in total. The van der Waals surface area contributed by atoms with Crippen molar-refractivity contribution in [1.29, 1.82) is 0 Å². The minimum absolute atomic E-state index is 0.185. The molecule has 0 saturated carbocycles. The van der Waals surface area contributed by atoms with Crippen molar-refractivity contribution < 1.29 is 18.7 Å². The van der Waals surface area contributed by atoms with Crippen LogP contribution in [0.2, 0.25) is 0 Å². The van der Waals surface area contributed by atoms with Gasteiger partial charge in [0.25, 0.3) is 0 Å². The maximum atomic E-state index is 14.5. The van der Waals surface area contributed by atoms with E-state index in [9.17, 15) is 9.18 Å². The zero-order valence-corrected chi connectivity index (χ0v) is 18.1. The molecule has 1 aliphatic heterocycles. The molecule has 1 aliphatic rings. The quantitative estimate of drug-likeness (QED) is 0.485. The Bertz CT molecular complexity index is 852. The standard InChI is InChI=1S/C25H32FNO3/c1-3-5-15-27-16-7-9-21-8-6-10-23(25(21)27)30-18-19-11-12-20(22(26)17-19)13-14-24(28)29-4-2/h6,8,10-12,17H,3-5,7,9,13-16,18H2,1-2H3. The van der Waals surface area contributed by atoms with Crippen LogP contribution in [0.3, 0.4) is 0 Å². The molecule has 0 bridgehead atoms. The number of hydrogen-bond donors (Lipinski definition) is 0. The molecular weight excluding hydrogens is 381 g/mol. The van der Waals surface area contributed by atoms with Crippen LogP contribution in [0.5, 0.6) is 5.75 Å². The van der Waals surface area contributed by atoms with Gasteiger partial charge in [0.2, 0.25) is 0 Å². The van der Waals surface area contributed by atoms with Gasteiger partial charge in [-0.15, -0.1) is 0 Å². The second-order valence-electron chi connectivity index (χ2n) is 7.73. The van der Waals surface area contributed by atoms with Crippen molar-refractivity contribution in [2.75, 3.05) is 24.6 Å². The Morgan fingerprint density at radius 3 is 2.83 bits per heavy atom. The van der Waals surface area contributed by atoms with Crippen LogP contribution in [-0.4, -0.2) is 25.7 Å². The second kappa shape index (κ2) is 11.0. The van der Waals surface area contributed by atoms with Crippen LogP contribution in [0.1, 0.15) is 56.2 Å². The summed E-state index contributed by atoms with van der Waals surface area (Å²) in [4.78, 5) is 13.9. The average Bonchev–Trinajstić information content (AvgIpc) is 2.75. The van der Waals surface area contributed by atoms with Crippen LogP contribution >= 0.6 is 0 Å². The maximum Gasteiger partial charge on any atom is 0.306 e. The van der Waals surface area contributed by atoms with Crippen LogP contribution < -0.4 is 9.64 Å². The number of aryl methyl sites for hydroxylation is 2. The van der Waals surface area contributed by atoms with Crippen molar-refractivity contribution in [1.82, 2.24) is 0 Å². The van der Waals surface area contributed by atoms with Crippen molar-refractivity contribution in [3.05, 3.63) is 58.9 Å².